The van der Waals surface area contributed by atoms with Crippen molar-refractivity contribution in [1.82, 2.24) is 20.0 Å². The monoisotopic (exact) mass is 463 g/mol. The van der Waals surface area contributed by atoms with Crippen LogP contribution in [0, 0.1) is 20.8 Å². The van der Waals surface area contributed by atoms with E-state index in [9.17, 15) is 4.79 Å². The van der Waals surface area contributed by atoms with E-state index in [0.717, 1.165) is 38.4 Å². The minimum absolute atomic E-state index is 0.230. The smallest absolute Gasteiger partial charge is 0.273 e. The Hall–Kier alpha value is -3.19. The first-order chi connectivity index (χ1) is 14.4. The van der Waals surface area contributed by atoms with Gasteiger partial charge >= 0.3 is 0 Å². The van der Waals surface area contributed by atoms with Crippen molar-refractivity contribution in [3.05, 3.63) is 87.3 Å². The fraction of sp³-hybridized carbons (Fsp3) is 0.174. The molecule has 4 aromatic rings. The third-order valence-electron chi connectivity index (χ3n) is 4.98. The van der Waals surface area contributed by atoms with E-state index in [0.29, 0.717) is 12.2 Å². The van der Waals surface area contributed by atoms with Crippen LogP contribution >= 0.6 is 15.9 Å². The van der Waals surface area contributed by atoms with E-state index in [1.54, 1.807) is 6.07 Å². The Labute approximate surface area is 183 Å². The number of aryl methyl sites for hydroxylation is 2. The SMILES string of the molecule is Cc1ccc(-c2cc(C(=O)Nc3cccc(Cn4nc(C)c(Br)c4C)c3)[nH]n2)cc1. The molecule has 7 heteroatoms. The number of amides is 1. The lowest BCUT2D eigenvalue weighted by atomic mass is 10.1. The molecule has 0 fully saturated rings. The summed E-state index contributed by atoms with van der Waals surface area (Å²) in [6.45, 7) is 6.66. The number of nitrogens with one attached hydrogen (secondary N) is 2. The second kappa shape index (κ2) is 8.28. The highest BCUT2D eigenvalue weighted by atomic mass is 79.9. The molecule has 0 unspecified atom stereocenters. The number of carbonyl (C=O) groups is 1. The van der Waals surface area contributed by atoms with Gasteiger partial charge in [-0.05, 0) is 60.5 Å². The van der Waals surface area contributed by atoms with E-state index < -0.39 is 0 Å². The number of hydrogen-bond donors (Lipinski definition) is 2. The van der Waals surface area contributed by atoms with E-state index in [1.807, 2.05) is 74.0 Å². The van der Waals surface area contributed by atoms with Gasteiger partial charge in [0.05, 0.1) is 28.1 Å². The first-order valence-corrected chi connectivity index (χ1v) is 10.4. The Bertz CT molecular complexity index is 1210. The van der Waals surface area contributed by atoms with Gasteiger partial charge in [-0.2, -0.15) is 10.2 Å². The highest BCUT2D eigenvalue weighted by Gasteiger charge is 2.13. The number of anilines is 1. The normalized spacial score (nSPS) is 10.9. The van der Waals surface area contributed by atoms with Gasteiger partial charge in [0.25, 0.3) is 5.91 Å². The van der Waals surface area contributed by atoms with Crippen molar-refractivity contribution in [2.75, 3.05) is 5.32 Å². The molecule has 0 spiro atoms. The average Bonchev–Trinajstić information content (AvgIpc) is 3.31. The Morgan fingerprint density at radius 2 is 1.87 bits per heavy atom. The third-order valence-corrected chi connectivity index (χ3v) is 6.13. The number of H-pyrrole nitrogens is 1. The molecule has 1 amide bonds. The van der Waals surface area contributed by atoms with Crippen LogP contribution in [0.4, 0.5) is 5.69 Å². The minimum atomic E-state index is -0.230. The quantitative estimate of drug-likeness (QED) is 0.423. The zero-order valence-corrected chi connectivity index (χ0v) is 18.6. The summed E-state index contributed by atoms with van der Waals surface area (Å²) >= 11 is 3.56. The molecule has 6 nitrogen and oxygen atoms in total. The summed E-state index contributed by atoms with van der Waals surface area (Å²) in [5.74, 6) is -0.230. The molecule has 0 bridgehead atoms. The molecule has 0 aliphatic heterocycles. The zero-order chi connectivity index (χ0) is 21.3. The predicted octanol–water partition coefficient (Wildman–Crippen LogP) is 5.26. The first kappa shape index (κ1) is 20.1. The minimum Gasteiger partial charge on any atom is -0.321 e. The van der Waals surface area contributed by atoms with Crippen LogP contribution in [0.25, 0.3) is 11.3 Å². The van der Waals surface area contributed by atoms with Crippen LogP contribution in [0.15, 0.2) is 59.1 Å². The molecule has 2 aromatic carbocycles. The lowest BCUT2D eigenvalue weighted by Crippen LogP contribution is -2.13. The molecule has 2 N–H and O–H groups in total. The van der Waals surface area contributed by atoms with Crippen LogP contribution in [0.3, 0.4) is 0 Å². The number of benzene rings is 2. The molecule has 0 saturated heterocycles. The summed E-state index contributed by atoms with van der Waals surface area (Å²) in [6, 6.07) is 17.6. The summed E-state index contributed by atoms with van der Waals surface area (Å²) in [7, 11) is 0. The Balaban J connectivity index is 1.48. The van der Waals surface area contributed by atoms with E-state index in [4.69, 9.17) is 0 Å². The van der Waals surface area contributed by atoms with E-state index >= 15 is 0 Å². The number of nitrogens with zero attached hydrogens (tertiary/aromatic N) is 3. The number of halogens is 1. The number of aromatic amines is 1. The van der Waals surface area contributed by atoms with Crippen molar-refractivity contribution in [3.8, 4) is 11.3 Å². The van der Waals surface area contributed by atoms with Crippen LogP contribution in [-0.2, 0) is 6.54 Å². The van der Waals surface area contributed by atoms with Gasteiger partial charge in [-0.25, -0.2) is 0 Å². The van der Waals surface area contributed by atoms with Crippen LogP contribution in [-0.4, -0.2) is 25.9 Å². The van der Waals surface area contributed by atoms with Gasteiger partial charge in [0.2, 0.25) is 0 Å². The molecule has 152 valence electrons. The fourth-order valence-electron chi connectivity index (χ4n) is 3.26. The second-order valence-electron chi connectivity index (χ2n) is 7.33. The maximum absolute atomic E-state index is 12.7. The van der Waals surface area contributed by atoms with E-state index in [2.05, 4.69) is 36.5 Å². The molecule has 2 heterocycles. The van der Waals surface area contributed by atoms with Crippen molar-refractivity contribution in [1.29, 1.82) is 0 Å². The lowest BCUT2D eigenvalue weighted by Gasteiger charge is -2.08. The molecule has 30 heavy (non-hydrogen) atoms. The van der Waals surface area contributed by atoms with Gasteiger partial charge in [-0.3, -0.25) is 14.6 Å². The van der Waals surface area contributed by atoms with Crippen LogP contribution in [0.1, 0.15) is 33.0 Å². The summed E-state index contributed by atoms with van der Waals surface area (Å²) in [6.07, 6.45) is 0. The van der Waals surface area contributed by atoms with Crippen molar-refractivity contribution >= 4 is 27.5 Å². The van der Waals surface area contributed by atoms with Crippen molar-refractivity contribution in [2.45, 2.75) is 27.3 Å². The maximum atomic E-state index is 12.7. The summed E-state index contributed by atoms with van der Waals surface area (Å²) in [5, 5.41) is 14.6. The summed E-state index contributed by atoms with van der Waals surface area (Å²) in [5.41, 5.74) is 7.11. The maximum Gasteiger partial charge on any atom is 0.273 e. The zero-order valence-electron chi connectivity index (χ0n) is 17.0. The fourth-order valence-corrected chi connectivity index (χ4v) is 3.54. The first-order valence-electron chi connectivity index (χ1n) is 9.63. The predicted molar refractivity (Wildman–Crippen MR) is 122 cm³/mol. The largest absolute Gasteiger partial charge is 0.321 e. The van der Waals surface area contributed by atoms with E-state index in [1.165, 1.54) is 5.56 Å². The molecule has 2 aromatic heterocycles. The van der Waals surface area contributed by atoms with Gasteiger partial charge in [-0.1, -0.05) is 42.0 Å². The average molecular weight is 464 g/mol. The lowest BCUT2D eigenvalue weighted by molar-refractivity contribution is 0.102. The van der Waals surface area contributed by atoms with Gasteiger partial charge in [0, 0.05) is 11.3 Å². The number of carbonyl (C=O) groups excluding carboxylic acids is 1. The van der Waals surface area contributed by atoms with Gasteiger partial charge < -0.3 is 5.32 Å². The molecule has 0 atom stereocenters. The number of aromatic nitrogens is 4. The van der Waals surface area contributed by atoms with Crippen LogP contribution < -0.4 is 5.32 Å². The molecule has 4 rings (SSSR count). The third kappa shape index (κ3) is 4.21. The van der Waals surface area contributed by atoms with Gasteiger partial charge in [0.15, 0.2) is 0 Å². The Morgan fingerprint density at radius 3 is 2.57 bits per heavy atom. The molecule has 0 radical (unpaired) electrons. The van der Waals surface area contributed by atoms with Crippen molar-refractivity contribution in [2.24, 2.45) is 0 Å². The van der Waals surface area contributed by atoms with Crippen molar-refractivity contribution < 1.29 is 4.79 Å². The highest BCUT2D eigenvalue weighted by molar-refractivity contribution is 9.10. The van der Waals surface area contributed by atoms with E-state index in [-0.39, 0.29) is 5.91 Å². The molecular weight excluding hydrogens is 442 g/mol. The standard InChI is InChI=1S/C23H22BrN5O/c1-14-7-9-18(10-8-14)20-12-21(27-26-20)23(30)25-19-6-4-5-17(11-19)13-29-16(3)22(24)15(2)28-29/h4-12H,13H2,1-3H3,(H,25,30)(H,26,27). The number of hydrogen-bond acceptors (Lipinski definition) is 3. The second-order valence-corrected chi connectivity index (χ2v) is 8.12. The Morgan fingerprint density at radius 1 is 1.10 bits per heavy atom. The summed E-state index contributed by atoms with van der Waals surface area (Å²) in [4.78, 5) is 12.7. The van der Waals surface area contributed by atoms with Gasteiger partial charge in [-0.15, -0.1) is 0 Å². The molecule has 0 aliphatic rings. The summed E-state index contributed by atoms with van der Waals surface area (Å²) < 4.78 is 2.97. The highest BCUT2D eigenvalue weighted by Crippen LogP contribution is 2.22. The molecular formula is C23H22BrN5O. The van der Waals surface area contributed by atoms with Crippen molar-refractivity contribution in [3.63, 3.8) is 0 Å². The molecule has 0 aliphatic carbocycles. The topological polar surface area (TPSA) is 75.6 Å². The van der Waals surface area contributed by atoms with Gasteiger partial charge in [0.1, 0.15) is 5.69 Å². The van der Waals surface area contributed by atoms with Crippen LogP contribution in [0.5, 0.6) is 0 Å². The number of rotatable bonds is 5. The van der Waals surface area contributed by atoms with Crippen LogP contribution in [0.2, 0.25) is 0 Å². The molecule has 0 saturated carbocycles. The Kier molecular flexibility index (Phi) is 5.55.